The number of carboxylic acids is 1. The molecule has 3 N–H and O–H groups in total. The van der Waals surface area contributed by atoms with Gasteiger partial charge in [-0.1, -0.05) is 61.5 Å². The highest BCUT2D eigenvalue weighted by molar-refractivity contribution is 5.85. The number of aliphatic carboxylic acids is 1. The van der Waals surface area contributed by atoms with Crippen molar-refractivity contribution in [1.29, 1.82) is 10.5 Å². The maximum atomic E-state index is 14.2. The molecule has 0 heterocycles. The largest absolute Gasteiger partial charge is 0.481 e. The van der Waals surface area contributed by atoms with Crippen LogP contribution >= 0.6 is 0 Å². The zero-order valence-electron chi connectivity index (χ0n) is 23.8. The number of hydrogen-bond donors (Lipinski definition) is 3. The molecule has 0 aromatic heterocycles. The number of nitriles is 2. The molecule has 3 atom stereocenters. The molecule has 1 amide bonds. The second-order valence-corrected chi connectivity index (χ2v) is 11.2. The van der Waals surface area contributed by atoms with Crippen molar-refractivity contribution in [1.82, 2.24) is 10.6 Å². The first-order chi connectivity index (χ1) is 20.9. The summed E-state index contributed by atoms with van der Waals surface area (Å²) in [6.07, 6.45) is -3.76. The topological polar surface area (TPSA) is 126 Å². The molecule has 11 heteroatoms. The van der Waals surface area contributed by atoms with Crippen LogP contribution in [-0.2, 0) is 21.4 Å². The Labute approximate surface area is 252 Å². The molecule has 0 aliphatic heterocycles. The molecule has 3 aromatic rings. The van der Waals surface area contributed by atoms with Crippen LogP contribution in [0.4, 0.5) is 17.6 Å². The van der Waals surface area contributed by atoms with E-state index in [2.05, 4.69) is 10.6 Å². The fraction of sp³-hybridized carbons (Fsp3) is 0.333. The number of alkyl halides is 3. The predicted octanol–water partition coefficient (Wildman–Crippen LogP) is 5.95. The minimum Gasteiger partial charge on any atom is -0.481 e. The van der Waals surface area contributed by atoms with Gasteiger partial charge in [-0.15, -0.1) is 0 Å². The van der Waals surface area contributed by atoms with Crippen LogP contribution in [0.1, 0.15) is 54.5 Å². The Balaban J connectivity index is 1.33. The van der Waals surface area contributed by atoms with Crippen LogP contribution in [0.2, 0.25) is 0 Å². The fourth-order valence-electron chi connectivity index (χ4n) is 5.12. The molecule has 3 aromatic carbocycles. The van der Waals surface area contributed by atoms with Gasteiger partial charge in [0.05, 0.1) is 23.1 Å². The van der Waals surface area contributed by atoms with E-state index in [-0.39, 0.29) is 36.1 Å². The maximum Gasteiger partial charge on any atom is 0.407 e. The van der Waals surface area contributed by atoms with Gasteiger partial charge < -0.3 is 15.7 Å². The van der Waals surface area contributed by atoms with Gasteiger partial charge >= 0.3 is 12.1 Å². The van der Waals surface area contributed by atoms with Gasteiger partial charge in [-0.25, -0.2) is 4.39 Å². The van der Waals surface area contributed by atoms with Crippen LogP contribution in [0.15, 0.2) is 66.7 Å². The number of hydrogen-bond acceptors (Lipinski definition) is 5. The Hall–Kier alpha value is -4.74. The monoisotopic (exact) mass is 606 g/mol. The standard InChI is InChI=1S/C33H30F4N4O3/c1-20(14-29(42)41-27(18-39)16-25-3-2-21(17-38)15-28(25)34)19-40-30(33(35,36)37)24-6-4-22(5-7-24)23-8-10-26(11-9-23)32(12-13-32)31(43)44/h2-11,15,20,27,30,40H,12-14,16,19H2,1H3,(H,41,42)(H,43,44)/t20-,27?,30-/m0/s1. The van der Waals surface area contributed by atoms with Crippen molar-refractivity contribution >= 4 is 11.9 Å². The number of nitrogens with one attached hydrogen (secondary N) is 2. The number of benzene rings is 3. The summed E-state index contributed by atoms with van der Waals surface area (Å²) < 4.78 is 56.2. The average molecular weight is 607 g/mol. The Morgan fingerprint density at radius 1 is 1.00 bits per heavy atom. The highest BCUT2D eigenvalue weighted by atomic mass is 19.4. The molecular weight excluding hydrogens is 576 g/mol. The Morgan fingerprint density at radius 2 is 1.61 bits per heavy atom. The molecule has 1 fully saturated rings. The smallest absolute Gasteiger partial charge is 0.407 e. The van der Waals surface area contributed by atoms with Gasteiger partial charge in [-0.2, -0.15) is 23.7 Å². The second-order valence-electron chi connectivity index (χ2n) is 11.2. The van der Waals surface area contributed by atoms with Gasteiger partial charge in [0.15, 0.2) is 0 Å². The van der Waals surface area contributed by atoms with Gasteiger partial charge in [0.1, 0.15) is 17.9 Å². The van der Waals surface area contributed by atoms with Crippen LogP contribution in [0.5, 0.6) is 0 Å². The first-order valence-corrected chi connectivity index (χ1v) is 14.0. The van der Waals surface area contributed by atoms with Crippen LogP contribution < -0.4 is 10.6 Å². The highest BCUT2D eigenvalue weighted by Crippen LogP contribution is 2.48. The molecule has 1 unspecified atom stereocenters. The molecule has 1 aliphatic rings. The van der Waals surface area contributed by atoms with E-state index in [1.807, 2.05) is 12.1 Å². The van der Waals surface area contributed by atoms with Crippen molar-refractivity contribution < 1.29 is 32.3 Å². The lowest BCUT2D eigenvalue weighted by atomic mass is 9.93. The first kappa shape index (κ1) is 32.2. The van der Waals surface area contributed by atoms with Gasteiger partial charge in [-0.05, 0) is 65.3 Å². The third kappa shape index (κ3) is 7.61. The summed E-state index contributed by atoms with van der Waals surface area (Å²) in [7, 11) is 0. The lowest BCUT2D eigenvalue weighted by Gasteiger charge is -2.24. The molecule has 4 rings (SSSR count). The van der Waals surface area contributed by atoms with Crippen LogP contribution in [-0.4, -0.2) is 35.7 Å². The molecule has 228 valence electrons. The highest BCUT2D eigenvalue weighted by Gasteiger charge is 2.51. The van der Waals surface area contributed by atoms with Crippen LogP contribution in [0.3, 0.4) is 0 Å². The van der Waals surface area contributed by atoms with Crippen molar-refractivity contribution in [3.63, 3.8) is 0 Å². The van der Waals surface area contributed by atoms with E-state index >= 15 is 0 Å². The summed E-state index contributed by atoms with van der Waals surface area (Å²) in [4.78, 5) is 24.1. The molecule has 0 bridgehead atoms. The van der Waals surface area contributed by atoms with E-state index in [4.69, 9.17) is 5.26 Å². The lowest BCUT2D eigenvalue weighted by molar-refractivity contribution is -0.158. The Kier molecular flexibility index (Phi) is 9.71. The molecule has 1 aliphatic carbocycles. The number of rotatable bonds is 12. The molecule has 0 radical (unpaired) electrons. The van der Waals surface area contributed by atoms with Crippen LogP contribution in [0.25, 0.3) is 11.1 Å². The van der Waals surface area contributed by atoms with Gasteiger partial charge in [0.2, 0.25) is 5.91 Å². The Morgan fingerprint density at radius 3 is 2.11 bits per heavy atom. The third-order valence-electron chi connectivity index (χ3n) is 7.80. The minimum atomic E-state index is -4.61. The Bertz CT molecular complexity index is 1590. The zero-order valence-corrected chi connectivity index (χ0v) is 23.8. The van der Waals surface area contributed by atoms with Crippen molar-refractivity contribution in [3.05, 3.63) is 94.8 Å². The summed E-state index contributed by atoms with van der Waals surface area (Å²) in [5.41, 5.74) is 1.55. The molecule has 0 spiro atoms. The van der Waals surface area contributed by atoms with Crippen molar-refractivity contribution in [2.45, 2.75) is 56.3 Å². The van der Waals surface area contributed by atoms with E-state index < -0.39 is 47.3 Å². The quantitative estimate of drug-likeness (QED) is 0.219. The van der Waals surface area contributed by atoms with Crippen molar-refractivity contribution in [3.8, 4) is 23.3 Å². The van der Waals surface area contributed by atoms with E-state index in [9.17, 15) is 37.5 Å². The summed E-state index contributed by atoms with van der Waals surface area (Å²) >= 11 is 0. The van der Waals surface area contributed by atoms with Gasteiger partial charge in [-0.3, -0.25) is 9.59 Å². The minimum absolute atomic E-state index is 0.00804. The number of carbonyl (C=O) groups is 2. The number of carboxylic acid groups (broad SMARTS) is 1. The summed E-state index contributed by atoms with van der Waals surface area (Å²) in [5.74, 6) is -2.63. The number of carbonyl (C=O) groups excluding carboxylic acids is 1. The maximum absolute atomic E-state index is 14.2. The van der Waals surface area contributed by atoms with E-state index in [1.54, 1.807) is 43.3 Å². The predicted molar refractivity (Wildman–Crippen MR) is 153 cm³/mol. The van der Waals surface area contributed by atoms with E-state index in [0.29, 0.717) is 24.0 Å². The van der Waals surface area contributed by atoms with E-state index in [0.717, 1.165) is 11.6 Å². The van der Waals surface area contributed by atoms with Crippen molar-refractivity contribution in [2.75, 3.05) is 6.54 Å². The molecule has 1 saturated carbocycles. The first-order valence-electron chi connectivity index (χ1n) is 14.0. The third-order valence-corrected chi connectivity index (χ3v) is 7.80. The molecule has 0 saturated heterocycles. The normalized spacial score (nSPS) is 15.7. The molecular formula is C33H30F4N4O3. The number of halogens is 4. The lowest BCUT2D eigenvalue weighted by Crippen LogP contribution is -2.39. The molecule has 44 heavy (non-hydrogen) atoms. The SMILES string of the molecule is C[C@H](CN[C@@H](c1ccc(-c2ccc(C3(C(=O)O)CC3)cc2)cc1)C(F)(F)F)CC(=O)NC(C#N)Cc1ccc(C#N)cc1F. The van der Waals surface area contributed by atoms with Crippen LogP contribution in [0, 0.1) is 34.4 Å². The second kappa shape index (κ2) is 13.3. The molecule has 7 nitrogen and oxygen atoms in total. The average Bonchev–Trinajstić information content (AvgIpc) is 3.80. The number of amides is 1. The van der Waals surface area contributed by atoms with E-state index in [1.165, 1.54) is 24.3 Å². The fourth-order valence-corrected chi connectivity index (χ4v) is 5.12. The summed E-state index contributed by atoms with van der Waals surface area (Å²) in [6.45, 7) is 1.46. The number of nitrogens with zero attached hydrogens (tertiary/aromatic N) is 2. The van der Waals surface area contributed by atoms with Crippen molar-refractivity contribution in [2.24, 2.45) is 5.92 Å². The van der Waals surface area contributed by atoms with Gasteiger partial charge in [0.25, 0.3) is 0 Å². The van der Waals surface area contributed by atoms with Gasteiger partial charge in [0, 0.05) is 12.8 Å². The summed E-state index contributed by atoms with van der Waals surface area (Å²) in [6, 6.07) is 17.4. The summed E-state index contributed by atoms with van der Waals surface area (Å²) in [5, 5.41) is 32.7. The zero-order chi connectivity index (χ0) is 32.1.